The van der Waals surface area contributed by atoms with Crippen LogP contribution in [0.3, 0.4) is 0 Å². The fraction of sp³-hybridized carbons (Fsp3) is 0.529. The minimum atomic E-state index is 0.0482. The van der Waals surface area contributed by atoms with Crippen molar-refractivity contribution in [1.82, 2.24) is 15.3 Å². The number of nitrogens with one attached hydrogen (secondary N) is 1. The zero-order valence-electron chi connectivity index (χ0n) is 13.8. The summed E-state index contributed by atoms with van der Waals surface area (Å²) < 4.78 is 0. The number of nitrogens with zero attached hydrogens (tertiary/aromatic N) is 2. The van der Waals surface area contributed by atoms with Gasteiger partial charge in [-0.1, -0.05) is 40.7 Å². The maximum Gasteiger partial charge on any atom is 0.142 e. The molecule has 2 aromatic rings. The van der Waals surface area contributed by atoms with Crippen molar-refractivity contribution < 1.29 is 0 Å². The summed E-state index contributed by atoms with van der Waals surface area (Å²) >= 11 is 1.75. The summed E-state index contributed by atoms with van der Waals surface area (Å²) in [7, 11) is 0. The molecule has 0 aromatic carbocycles. The molecule has 3 nitrogen and oxygen atoms in total. The highest BCUT2D eigenvalue weighted by atomic mass is 32.1. The first-order valence-electron chi connectivity index (χ1n) is 7.45. The number of aromatic nitrogens is 2. The second-order valence-electron chi connectivity index (χ2n) is 6.74. The van der Waals surface area contributed by atoms with Crippen molar-refractivity contribution in [2.75, 3.05) is 0 Å². The van der Waals surface area contributed by atoms with Gasteiger partial charge in [-0.05, 0) is 19.1 Å². The molecule has 0 amide bonds. The van der Waals surface area contributed by atoms with Crippen LogP contribution in [-0.2, 0) is 12.0 Å². The van der Waals surface area contributed by atoms with Crippen molar-refractivity contribution in [3.05, 3.63) is 34.5 Å². The van der Waals surface area contributed by atoms with Gasteiger partial charge in [0.1, 0.15) is 5.01 Å². The predicted molar refractivity (Wildman–Crippen MR) is 90.8 cm³/mol. The van der Waals surface area contributed by atoms with E-state index in [9.17, 15) is 0 Å². The molecule has 2 rings (SSSR count). The average molecular weight is 303 g/mol. The van der Waals surface area contributed by atoms with Crippen molar-refractivity contribution in [1.29, 1.82) is 0 Å². The lowest BCUT2D eigenvalue weighted by Gasteiger charge is -2.18. The molecule has 2 aromatic heterocycles. The number of rotatable bonds is 4. The zero-order valence-corrected chi connectivity index (χ0v) is 14.6. The van der Waals surface area contributed by atoms with Gasteiger partial charge in [0, 0.05) is 28.6 Å². The van der Waals surface area contributed by atoms with Crippen LogP contribution in [0.15, 0.2) is 18.2 Å². The van der Waals surface area contributed by atoms with Gasteiger partial charge in [0.15, 0.2) is 0 Å². The molecule has 0 saturated carbocycles. The maximum atomic E-state index is 4.89. The molecule has 2 heterocycles. The van der Waals surface area contributed by atoms with Gasteiger partial charge in [0.2, 0.25) is 0 Å². The van der Waals surface area contributed by atoms with E-state index in [4.69, 9.17) is 4.98 Å². The average Bonchev–Trinajstić information content (AvgIpc) is 2.80. The van der Waals surface area contributed by atoms with E-state index >= 15 is 0 Å². The van der Waals surface area contributed by atoms with E-state index in [0.717, 1.165) is 22.9 Å². The van der Waals surface area contributed by atoms with Gasteiger partial charge >= 0.3 is 0 Å². The summed E-state index contributed by atoms with van der Waals surface area (Å²) in [5, 5.41) is 4.52. The van der Waals surface area contributed by atoms with Gasteiger partial charge < -0.3 is 5.32 Å². The van der Waals surface area contributed by atoms with Crippen LogP contribution >= 0.6 is 11.3 Å². The van der Waals surface area contributed by atoms with E-state index in [1.165, 1.54) is 10.6 Å². The Bertz CT molecular complexity index is 609. The molecule has 0 atom stereocenters. The van der Waals surface area contributed by atoms with Crippen molar-refractivity contribution >= 4 is 11.3 Å². The molecule has 114 valence electrons. The molecule has 0 aliphatic rings. The normalized spacial score (nSPS) is 12.1. The number of thiazole rings is 1. The molecule has 0 radical (unpaired) electrons. The summed E-state index contributed by atoms with van der Waals surface area (Å²) in [6.07, 6.45) is 0. The van der Waals surface area contributed by atoms with E-state index < -0.39 is 0 Å². The SMILES string of the molecule is Cc1cccc(-c2nc(C(C)(C)C)c(CNC(C)C)s2)n1. The maximum absolute atomic E-state index is 4.89. The van der Waals surface area contributed by atoms with Crippen molar-refractivity contribution in [2.45, 2.75) is 59.5 Å². The van der Waals surface area contributed by atoms with Crippen LogP contribution in [0, 0.1) is 6.92 Å². The molecule has 0 spiro atoms. The highest BCUT2D eigenvalue weighted by molar-refractivity contribution is 7.15. The molecule has 0 unspecified atom stereocenters. The van der Waals surface area contributed by atoms with E-state index in [1.54, 1.807) is 11.3 Å². The molecule has 0 aliphatic carbocycles. The minimum Gasteiger partial charge on any atom is -0.310 e. The highest BCUT2D eigenvalue weighted by Crippen LogP contribution is 2.33. The first kappa shape index (κ1) is 16.1. The van der Waals surface area contributed by atoms with E-state index in [-0.39, 0.29) is 5.41 Å². The lowest BCUT2D eigenvalue weighted by atomic mass is 9.91. The van der Waals surface area contributed by atoms with Crippen LogP contribution in [0.4, 0.5) is 0 Å². The molecule has 0 bridgehead atoms. The second-order valence-corrected chi connectivity index (χ2v) is 7.82. The van der Waals surface area contributed by atoms with Gasteiger partial charge in [-0.25, -0.2) is 4.98 Å². The van der Waals surface area contributed by atoms with Crippen molar-refractivity contribution in [3.8, 4) is 10.7 Å². The Kier molecular flexibility index (Phi) is 4.79. The van der Waals surface area contributed by atoms with Gasteiger partial charge in [-0.2, -0.15) is 0 Å². The summed E-state index contributed by atoms with van der Waals surface area (Å²) in [4.78, 5) is 10.8. The molecule has 21 heavy (non-hydrogen) atoms. The lowest BCUT2D eigenvalue weighted by molar-refractivity contribution is 0.546. The summed E-state index contributed by atoms with van der Waals surface area (Å²) in [6.45, 7) is 13.9. The van der Waals surface area contributed by atoms with Crippen molar-refractivity contribution in [3.63, 3.8) is 0 Å². The van der Waals surface area contributed by atoms with E-state index in [1.807, 2.05) is 25.1 Å². The summed E-state index contributed by atoms with van der Waals surface area (Å²) in [5.74, 6) is 0. The largest absolute Gasteiger partial charge is 0.310 e. The van der Waals surface area contributed by atoms with Gasteiger partial charge in [0.25, 0.3) is 0 Å². The lowest BCUT2D eigenvalue weighted by Crippen LogP contribution is -2.23. The Morgan fingerprint density at radius 1 is 1.19 bits per heavy atom. The number of hydrogen-bond acceptors (Lipinski definition) is 4. The summed E-state index contributed by atoms with van der Waals surface area (Å²) in [6, 6.07) is 6.57. The Labute approximate surface area is 131 Å². The van der Waals surface area contributed by atoms with Crippen LogP contribution in [0.2, 0.25) is 0 Å². The van der Waals surface area contributed by atoms with Crippen LogP contribution in [0.25, 0.3) is 10.7 Å². The standard InChI is InChI=1S/C17H25N3S/c1-11(2)18-10-14-15(17(4,5)6)20-16(21-14)13-9-7-8-12(3)19-13/h7-9,11,18H,10H2,1-6H3. The van der Waals surface area contributed by atoms with Crippen LogP contribution < -0.4 is 5.32 Å². The minimum absolute atomic E-state index is 0.0482. The van der Waals surface area contributed by atoms with Crippen LogP contribution in [0.5, 0.6) is 0 Å². The number of aryl methyl sites for hydroxylation is 1. The van der Waals surface area contributed by atoms with Crippen molar-refractivity contribution in [2.24, 2.45) is 0 Å². The second kappa shape index (κ2) is 6.24. The molecular formula is C17H25N3S. The Balaban J connectivity index is 2.40. The first-order chi connectivity index (χ1) is 9.77. The van der Waals surface area contributed by atoms with E-state index in [0.29, 0.717) is 6.04 Å². The summed E-state index contributed by atoms with van der Waals surface area (Å²) in [5.41, 5.74) is 3.23. The fourth-order valence-corrected chi connectivity index (χ4v) is 3.32. The molecule has 0 aliphatic heterocycles. The van der Waals surface area contributed by atoms with Crippen LogP contribution in [-0.4, -0.2) is 16.0 Å². The molecule has 1 N–H and O–H groups in total. The zero-order chi connectivity index (χ0) is 15.6. The third kappa shape index (κ3) is 4.11. The topological polar surface area (TPSA) is 37.8 Å². The van der Waals surface area contributed by atoms with Crippen LogP contribution in [0.1, 0.15) is 50.9 Å². The predicted octanol–water partition coefficient (Wildman–Crippen LogP) is 4.31. The molecular weight excluding hydrogens is 278 g/mol. The Morgan fingerprint density at radius 3 is 2.48 bits per heavy atom. The van der Waals surface area contributed by atoms with Gasteiger partial charge in [0.05, 0.1) is 11.4 Å². The molecule has 4 heteroatoms. The Morgan fingerprint density at radius 2 is 1.90 bits per heavy atom. The number of hydrogen-bond donors (Lipinski definition) is 1. The Hall–Kier alpha value is -1.26. The quantitative estimate of drug-likeness (QED) is 0.914. The monoisotopic (exact) mass is 303 g/mol. The van der Waals surface area contributed by atoms with E-state index in [2.05, 4.69) is 44.9 Å². The smallest absolute Gasteiger partial charge is 0.142 e. The van der Waals surface area contributed by atoms with Gasteiger partial charge in [-0.3, -0.25) is 4.98 Å². The fourth-order valence-electron chi connectivity index (χ4n) is 2.13. The third-order valence-electron chi connectivity index (χ3n) is 3.19. The van der Waals surface area contributed by atoms with Gasteiger partial charge in [-0.15, -0.1) is 11.3 Å². The highest BCUT2D eigenvalue weighted by Gasteiger charge is 2.24. The number of pyridine rings is 1. The third-order valence-corrected chi connectivity index (χ3v) is 4.26. The molecule has 0 saturated heterocycles. The molecule has 0 fully saturated rings. The first-order valence-corrected chi connectivity index (χ1v) is 8.26.